The normalized spacial score (nSPS) is 17.6. The highest BCUT2D eigenvalue weighted by Gasteiger charge is 2.34. The summed E-state index contributed by atoms with van der Waals surface area (Å²) < 4.78 is 0. The van der Waals surface area contributed by atoms with Gasteiger partial charge in [0.05, 0.1) is 10.5 Å². The molecule has 7 heteroatoms. The predicted octanol–water partition coefficient (Wildman–Crippen LogP) is 0.712. The zero-order valence-corrected chi connectivity index (χ0v) is 8.59. The smallest absolute Gasteiger partial charge is 0.305 e. The lowest BCUT2D eigenvalue weighted by atomic mass is 9.80. The van der Waals surface area contributed by atoms with Crippen LogP contribution >= 0.6 is 0 Å². The third-order valence-corrected chi connectivity index (χ3v) is 2.71. The second-order valence-corrected chi connectivity index (χ2v) is 3.95. The van der Waals surface area contributed by atoms with E-state index in [1.165, 1.54) is 0 Å². The Hall–Kier alpha value is -1.76. The Bertz CT molecular complexity index is 388. The minimum absolute atomic E-state index is 0.145. The van der Waals surface area contributed by atoms with Crippen LogP contribution in [0.5, 0.6) is 0 Å². The monoisotopic (exact) mass is 224 g/mol. The first kappa shape index (κ1) is 10.7. The number of anilines is 1. The molecular weight excluding hydrogens is 212 g/mol. The molecule has 0 aromatic carbocycles. The van der Waals surface area contributed by atoms with Gasteiger partial charge in [-0.2, -0.15) is 0 Å². The number of hydrogen-bond donors (Lipinski definition) is 2. The highest BCUT2D eigenvalue weighted by atomic mass is 16.6. The van der Waals surface area contributed by atoms with E-state index in [9.17, 15) is 15.2 Å². The number of aromatic nitrogens is 2. The number of rotatable bonds is 4. The molecule has 86 valence electrons. The maximum Gasteiger partial charge on any atom is 0.305 e. The van der Waals surface area contributed by atoms with Crippen LogP contribution in [0.3, 0.4) is 0 Å². The summed E-state index contributed by atoms with van der Waals surface area (Å²) in [5.41, 5.74) is -0.807. The molecule has 1 saturated carbocycles. The van der Waals surface area contributed by atoms with Crippen molar-refractivity contribution in [3.63, 3.8) is 0 Å². The lowest BCUT2D eigenvalue weighted by Crippen LogP contribution is -2.43. The van der Waals surface area contributed by atoms with Gasteiger partial charge >= 0.3 is 5.69 Å². The molecule has 1 aromatic rings. The number of nitrogens with zero attached hydrogens (tertiary/aromatic N) is 3. The molecule has 2 N–H and O–H groups in total. The summed E-state index contributed by atoms with van der Waals surface area (Å²) in [6.07, 6.45) is 4.85. The Morgan fingerprint density at radius 1 is 1.50 bits per heavy atom. The zero-order chi connectivity index (χ0) is 11.6. The maximum atomic E-state index is 10.3. The molecule has 0 bridgehead atoms. The van der Waals surface area contributed by atoms with Crippen LogP contribution in [0.1, 0.15) is 19.3 Å². The van der Waals surface area contributed by atoms with Crippen LogP contribution in [0.25, 0.3) is 0 Å². The molecule has 1 fully saturated rings. The molecule has 1 aromatic heterocycles. The zero-order valence-electron chi connectivity index (χ0n) is 8.59. The average molecular weight is 224 g/mol. The molecule has 0 radical (unpaired) electrons. The van der Waals surface area contributed by atoms with Crippen LogP contribution in [0, 0.1) is 10.1 Å². The van der Waals surface area contributed by atoms with Crippen molar-refractivity contribution in [2.45, 2.75) is 24.9 Å². The molecule has 7 nitrogen and oxygen atoms in total. The Kier molecular flexibility index (Phi) is 2.69. The Morgan fingerprint density at radius 3 is 2.56 bits per heavy atom. The summed E-state index contributed by atoms with van der Waals surface area (Å²) >= 11 is 0. The van der Waals surface area contributed by atoms with Gasteiger partial charge in [0, 0.05) is 6.54 Å². The van der Waals surface area contributed by atoms with Gasteiger partial charge in [-0.3, -0.25) is 10.1 Å². The first-order valence-electron chi connectivity index (χ1n) is 5.02. The fraction of sp³-hybridized carbons (Fsp3) is 0.556. The highest BCUT2D eigenvalue weighted by Crippen LogP contribution is 2.31. The Morgan fingerprint density at radius 2 is 2.12 bits per heavy atom. The van der Waals surface area contributed by atoms with E-state index >= 15 is 0 Å². The van der Waals surface area contributed by atoms with Crippen LogP contribution in [0.15, 0.2) is 12.4 Å². The fourth-order valence-electron chi connectivity index (χ4n) is 1.51. The van der Waals surface area contributed by atoms with Crippen molar-refractivity contribution in [3.05, 3.63) is 22.5 Å². The summed E-state index contributed by atoms with van der Waals surface area (Å²) in [7, 11) is 0. The SMILES string of the molecule is O=[N+]([O-])c1cnc(NCC2(O)CCC2)nc1. The third-order valence-electron chi connectivity index (χ3n) is 2.71. The van der Waals surface area contributed by atoms with Gasteiger partial charge in [-0.05, 0) is 19.3 Å². The second kappa shape index (κ2) is 4.01. The van der Waals surface area contributed by atoms with Crippen molar-refractivity contribution in [2.75, 3.05) is 11.9 Å². The van der Waals surface area contributed by atoms with Crippen molar-refractivity contribution in [1.29, 1.82) is 0 Å². The minimum Gasteiger partial charge on any atom is -0.388 e. The van der Waals surface area contributed by atoms with Crippen molar-refractivity contribution < 1.29 is 10.0 Å². The largest absolute Gasteiger partial charge is 0.388 e. The van der Waals surface area contributed by atoms with Crippen LogP contribution in [0.4, 0.5) is 11.6 Å². The van der Waals surface area contributed by atoms with Crippen molar-refractivity contribution >= 4 is 11.6 Å². The van der Waals surface area contributed by atoms with Crippen molar-refractivity contribution in [1.82, 2.24) is 9.97 Å². The first-order chi connectivity index (χ1) is 7.59. The van der Waals surface area contributed by atoms with Gasteiger partial charge in [0.25, 0.3) is 0 Å². The van der Waals surface area contributed by atoms with Crippen LogP contribution < -0.4 is 5.32 Å². The van der Waals surface area contributed by atoms with Crippen LogP contribution in [0.2, 0.25) is 0 Å². The molecule has 0 aliphatic heterocycles. The average Bonchev–Trinajstić information content (AvgIpc) is 2.24. The molecule has 0 atom stereocenters. The molecule has 0 saturated heterocycles. The Balaban J connectivity index is 1.92. The lowest BCUT2D eigenvalue weighted by Gasteiger charge is -2.36. The molecular formula is C9H12N4O3. The van der Waals surface area contributed by atoms with E-state index < -0.39 is 10.5 Å². The van der Waals surface area contributed by atoms with E-state index in [0.717, 1.165) is 31.7 Å². The van der Waals surface area contributed by atoms with Gasteiger partial charge < -0.3 is 10.4 Å². The van der Waals surface area contributed by atoms with Gasteiger partial charge in [0.2, 0.25) is 5.95 Å². The highest BCUT2D eigenvalue weighted by molar-refractivity contribution is 5.31. The molecule has 0 unspecified atom stereocenters. The molecule has 0 amide bonds. The summed E-state index contributed by atoms with van der Waals surface area (Å²) in [4.78, 5) is 17.4. The summed E-state index contributed by atoms with van der Waals surface area (Å²) in [5, 5.41) is 23.0. The van der Waals surface area contributed by atoms with E-state index in [2.05, 4.69) is 15.3 Å². The number of hydrogen-bond acceptors (Lipinski definition) is 6. The molecule has 2 rings (SSSR count). The van der Waals surface area contributed by atoms with Gasteiger partial charge in [-0.25, -0.2) is 9.97 Å². The van der Waals surface area contributed by atoms with Gasteiger partial charge in [-0.1, -0.05) is 0 Å². The Labute approximate surface area is 91.7 Å². The third kappa shape index (κ3) is 2.25. The van der Waals surface area contributed by atoms with E-state index in [-0.39, 0.29) is 5.69 Å². The summed E-state index contributed by atoms with van der Waals surface area (Å²) in [6, 6.07) is 0. The molecule has 1 aliphatic rings. The van der Waals surface area contributed by atoms with E-state index in [0.29, 0.717) is 12.5 Å². The maximum absolute atomic E-state index is 10.3. The van der Waals surface area contributed by atoms with E-state index in [1.54, 1.807) is 0 Å². The van der Waals surface area contributed by atoms with Crippen LogP contribution in [-0.2, 0) is 0 Å². The molecule has 0 spiro atoms. The minimum atomic E-state index is -0.662. The van der Waals surface area contributed by atoms with Gasteiger partial charge in [0.15, 0.2) is 0 Å². The standard InChI is InChI=1S/C9H12N4O3/c14-9(2-1-3-9)6-12-8-10-4-7(5-11-8)13(15)16/h4-5,14H,1-3,6H2,(H,10,11,12). The molecule has 16 heavy (non-hydrogen) atoms. The van der Waals surface area contributed by atoms with Gasteiger partial charge in [-0.15, -0.1) is 0 Å². The molecule has 1 aliphatic carbocycles. The lowest BCUT2D eigenvalue weighted by molar-refractivity contribution is -0.385. The number of nitrogens with one attached hydrogen (secondary N) is 1. The molecule has 1 heterocycles. The second-order valence-electron chi connectivity index (χ2n) is 3.95. The quantitative estimate of drug-likeness (QED) is 0.577. The topological polar surface area (TPSA) is 101 Å². The van der Waals surface area contributed by atoms with E-state index in [1.807, 2.05) is 0 Å². The van der Waals surface area contributed by atoms with Gasteiger partial charge in [0.1, 0.15) is 12.4 Å². The fourth-order valence-corrected chi connectivity index (χ4v) is 1.51. The summed E-state index contributed by atoms with van der Waals surface area (Å²) in [6.45, 7) is 0.380. The van der Waals surface area contributed by atoms with Crippen LogP contribution in [-0.4, -0.2) is 32.1 Å². The number of nitro groups is 1. The summed E-state index contributed by atoms with van der Waals surface area (Å²) in [5.74, 6) is 0.297. The van der Waals surface area contributed by atoms with Crippen molar-refractivity contribution in [2.24, 2.45) is 0 Å². The number of aliphatic hydroxyl groups is 1. The van der Waals surface area contributed by atoms with Crippen molar-refractivity contribution in [3.8, 4) is 0 Å². The van der Waals surface area contributed by atoms with E-state index in [4.69, 9.17) is 0 Å². The predicted molar refractivity (Wildman–Crippen MR) is 56.0 cm³/mol. The first-order valence-corrected chi connectivity index (χ1v) is 5.02.